The number of benzene rings is 2. The number of hydrogen-bond acceptors (Lipinski definition) is 3. The summed E-state index contributed by atoms with van der Waals surface area (Å²) in [5.74, 6) is 0.852. The van der Waals surface area contributed by atoms with Crippen molar-refractivity contribution in [2.24, 2.45) is 0 Å². The van der Waals surface area contributed by atoms with Crippen LogP contribution in [0.5, 0.6) is 5.75 Å². The first-order valence-electron chi connectivity index (χ1n) is 11.1. The minimum Gasteiger partial charge on any atom is -0.497 e. The molecule has 2 amide bonds. The number of amides is 2. The summed E-state index contributed by atoms with van der Waals surface area (Å²) in [5, 5.41) is 0. The summed E-state index contributed by atoms with van der Waals surface area (Å²) in [6.45, 7) is 9.24. The highest BCUT2D eigenvalue weighted by molar-refractivity contribution is 5.88. The molecule has 1 atom stereocenters. The number of rotatable bonds is 7. The van der Waals surface area contributed by atoms with Gasteiger partial charge in [0, 0.05) is 13.0 Å². The normalized spacial score (nSPS) is 16.7. The van der Waals surface area contributed by atoms with Crippen LogP contribution in [-0.4, -0.2) is 41.8 Å². The van der Waals surface area contributed by atoms with Gasteiger partial charge in [-0.3, -0.25) is 9.59 Å². The molecule has 0 N–H and O–H groups in total. The Morgan fingerprint density at radius 3 is 2.26 bits per heavy atom. The van der Waals surface area contributed by atoms with Crippen molar-refractivity contribution in [3.8, 4) is 5.75 Å². The van der Waals surface area contributed by atoms with E-state index in [2.05, 4.69) is 45.0 Å². The molecule has 5 heteroatoms. The third-order valence-corrected chi connectivity index (χ3v) is 5.88. The Hall–Kier alpha value is -2.82. The van der Waals surface area contributed by atoms with Crippen molar-refractivity contribution in [2.75, 3.05) is 20.2 Å². The van der Waals surface area contributed by atoms with Crippen molar-refractivity contribution in [1.82, 2.24) is 9.80 Å². The van der Waals surface area contributed by atoms with Gasteiger partial charge in [-0.2, -0.15) is 0 Å². The Kier molecular flexibility index (Phi) is 7.04. The molecule has 0 bridgehead atoms. The highest BCUT2D eigenvalue weighted by Crippen LogP contribution is 2.33. The standard InChI is InChI=1S/C26H34N2O3/c1-6-7-23(29)28-18-24(30)27(17-16-19-8-14-22(31-5)15-9-19)25(28)20-10-12-21(13-11-20)26(2,3)4/h8-15,25H,6-7,16-18H2,1-5H3. The molecule has 1 aliphatic rings. The van der Waals surface area contributed by atoms with Gasteiger partial charge >= 0.3 is 0 Å². The second kappa shape index (κ2) is 9.54. The Morgan fingerprint density at radius 1 is 1.06 bits per heavy atom. The van der Waals surface area contributed by atoms with Crippen LogP contribution in [0.25, 0.3) is 0 Å². The van der Waals surface area contributed by atoms with E-state index in [1.54, 1.807) is 12.0 Å². The highest BCUT2D eigenvalue weighted by atomic mass is 16.5. The molecule has 5 nitrogen and oxygen atoms in total. The third-order valence-electron chi connectivity index (χ3n) is 5.88. The number of ether oxygens (including phenoxy) is 1. The molecular formula is C26H34N2O3. The molecule has 0 aliphatic carbocycles. The molecule has 31 heavy (non-hydrogen) atoms. The predicted molar refractivity (Wildman–Crippen MR) is 123 cm³/mol. The minimum absolute atomic E-state index is 0.00265. The maximum Gasteiger partial charge on any atom is 0.244 e. The van der Waals surface area contributed by atoms with Crippen LogP contribution in [0, 0.1) is 0 Å². The molecule has 1 fully saturated rings. The topological polar surface area (TPSA) is 49.9 Å². The zero-order valence-electron chi connectivity index (χ0n) is 19.4. The molecule has 0 spiro atoms. The van der Waals surface area contributed by atoms with E-state index in [9.17, 15) is 9.59 Å². The second-order valence-corrected chi connectivity index (χ2v) is 9.20. The number of carbonyl (C=O) groups excluding carboxylic acids is 2. The molecule has 2 aromatic rings. The Bertz CT molecular complexity index is 898. The largest absolute Gasteiger partial charge is 0.497 e. The van der Waals surface area contributed by atoms with Crippen LogP contribution in [-0.2, 0) is 21.4 Å². The van der Waals surface area contributed by atoms with Crippen LogP contribution >= 0.6 is 0 Å². The first-order chi connectivity index (χ1) is 14.7. The van der Waals surface area contributed by atoms with E-state index in [1.807, 2.05) is 36.1 Å². The Balaban J connectivity index is 1.86. The lowest BCUT2D eigenvalue weighted by Crippen LogP contribution is -2.36. The molecule has 166 valence electrons. The summed E-state index contributed by atoms with van der Waals surface area (Å²) in [6.07, 6.45) is 1.60. The van der Waals surface area contributed by atoms with Crippen molar-refractivity contribution in [2.45, 2.75) is 58.5 Å². The zero-order valence-corrected chi connectivity index (χ0v) is 19.4. The predicted octanol–water partition coefficient (Wildman–Crippen LogP) is 4.70. The Labute approximate surface area is 186 Å². The Morgan fingerprint density at radius 2 is 1.71 bits per heavy atom. The first-order valence-corrected chi connectivity index (χ1v) is 11.1. The van der Waals surface area contributed by atoms with Crippen LogP contribution < -0.4 is 4.74 Å². The SMILES string of the molecule is CCCC(=O)N1CC(=O)N(CCc2ccc(OC)cc2)C1c1ccc(C(C)(C)C)cc1. The molecular weight excluding hydrogens is 388 g/mol. The molecule has 0 saturated carbocycles. The van der Waals surface area contributed by atoms with E-state index < -0.39 is 0 Å². The van der Waals surface area contributed by atoms with E-state index >= 15 is 0 Å². The number of nitrogens with zero attached hydrogens (tertiary/aromatic N) is 2. The maximum absolute atomic E-state index is 12.9. The van der Waals surface area contributed by atoms with Crippen molar-refractivity contribution in [3.05, 3.63) is 65.2 Å². The van der Waals surface area contributed by atoms with Gasteiger partial charge in [-0.25, -0.2) is 0 Å². The zero-order chi connectivity index (χ0) is 22.6. The average molecular weight is 423 g/mol. The second-order valence-electron chi connectivity index (χ2n) is 9.20. The van der Waals surface area contributed by atoms with Gasteiger partial charge in [0.2, 0.25) is 11.8 Å². The molecule has 0 aromatic heterocycles. The smallest absolute Gasteiger partial charge is 0.244 e. The summed E-state index contributed by atoms with van der Waals surface area (Å²) in [4.78, 5) is 29.4. The lowest BCUT2D eigenvalue weighted by Gasteiger charge is -2.31. The van der Waals surface area contributed by atoms with Crippen molar-refractivity contribution >= 4 is 11.8 Å². The summed E-state index contributed by atoms with van der Waals surface area (Å²) < 4.78 is 5.23. The van der Waals surface area contributed by atoms with E-state index in [4.69, 9.17) is 4.74 Å². The fraction of sp³-hybridized carbons (Fsp3) is 0.462. The average Bonchev–Trinajstić information content (AvgIpc) is 3.08. The van der Waals surface area contributed by atoms with Crippen molar-refractivity contribution in [3.63, 3.8) is 0 Å². The van der Waals surface area contributed by atoms with Crippen LogP contribution in [0.2, 0.25) is 0 Å². The van der Waals surface area contributed by atoms with Gasteiger partial charge in [0.15, 0.2) is 0 Å². The third kappa shape index (κ3) is 5.27. The minimum atomic E-state index is -0.348. The molecule has 1 unspecified atom stereocenters. The van der Waals surface area contributed by atoms with Crippen LogP contribution in [0.1, 0.15) is 63.4 Å². The van der Waals surface area contributed by atoms with E-state index in [-0.39, 0.29) is 29.9 Å². The lowest BCUT2D eigenvalue weighted by atomic mass is 9.86. The van der Waals surface area contributed by atoms with Gasteiger partial charge in [0.05, 0.1) is 7.11 Å². The quantitative estimate of drug-likeness (QED) is 0.650. The summed E-state index contributed by atoms with van der Waals surface area (Å²) in [7, 11) is 1.65. The number of carbonyl (C=O) groups is 2. The van der Waals surface area contributed by atoms with Crippen LogP contribution in [0.4, 0.5) is 0 Å². The van der Waals surface area contributed by atoms with Gasteiger partial charge < -0.3 is 14.5 Å². The van der Waals surface area contributed by atoms with Crippen molar-refractivity contribution < 1.29 is 14.3 Å². The summed E-state index contributed by atoms with van der Waals surface area (Å²) >= 11 is 0. The van der Waals surface area contributed by atoms with Gasteiger partial charge in [-0.15, -0.1) is 0 Å². The van der Waals surface area contributed by atoms with Crippen LogP contribution in [0.3, 0.4) is 0 Å². The van der Waals surface area contributed by atoms with E-state index in [1.165, 1.54) is 5.56 Å². The molecule has 1 heterocycles. The summed E-state index contributed by atoms with van der Waals surface area (Å²) in [5.41, 5.74) is 3.40. The maximum atomic E-state index is 12.9. The molecule has 2 aromatic carbocycles. The molecule has 0 radical (unpaired) electrons. The summed E-state index contributed by atoms with van der Waals surface area (Å²) in [6, 6.07) is 16.3. The van der Waals surface area contributed by atoms with Gasteiger partial charge in [-0.05, 0) is 47.1 Å². The van der Waals surface area contributed by atoms with Gasteiger partial charge in [0.25, 0.3) is 0 Å². The van der Waals surface area contributed by atoms with E-state index in [0.717, 1.165) is 29.7 Å². The fourth-order valence-electron chi connectivity index (χ4n) is 4.01. The first kappa shape index (κ1) is 22.9. The number of hydrogen-bond donors (Lipinski definition) is 0. The van der Waals surface area contributed by atoms with Gasteiger partial charge in [0.1, 0.15) is 18.5 Å². The monoisotopic (exact) mass is 422 g/mol. The fourth-order valence-corrected chi connectivity index (χ4v) is 4.01. The van der Waals surface area contributed by atoms with Gasteiger partial charge in [-0.1, -0.05) is 64.1 Å². The van der Waals surface area contributed by atoms with Crippen LogP contribution in [0.15, 0.2) is 48.5 Å². The molecule has 1 aliphatic heterocycles. The van der Waals surface area contributed by atoms with E-state index in [0.29, 0.717) is 13.0 Å². The highest BCUT2D eigenvalue weighted by Gasteiger charge is 2.40. The molecule has 1 saturated heterocycles. The van der Waals surface area contributed by atoms with Crippen molar-refractivity contribution in [1.29, 1.82) is 0 Å². The lowest BCUT2D eigenvalue weighted by molar-refractivity contribution is -0.133. The number of methoxy groups -OCH3 is 1. The molecule has 3 rings (SSSR count).